The van der Waals surface area contributed by atoms with Crippen molar-refractivity contribution < 1.29 is 14.6 Å². The zero-order valence-electron chi connectivity index (χ0n) is 13.5. The molecule has 0 radical (unpaired) electrons. The first-order valence-electron chi connectivity index (χ1n) is 8.43. The first kappa shape index (κ1) is 17.5. The Labute approximate surface area is 124 Å². The molecule has 1 aliphatic rings. The maximum Gasteiger partial charge on any atom is 0.308 e. The zero-order chi connectivity index (χ0) is 15.0. The van der Waals surface area contributed by atoms with Gasteiger partial charge in [0.05, 0.1) is 11.5 Å². The van der Waals surface area contributed by atoms with Crippen molar-refractivity contribution >= 4 is 5.97 Å². The van der Waals surface area contributed by atoms with Gasteiger partial charge in [0.15, 0.2) is 0 Å². The van der Waals surface area contributed by atoms with Gasteiger partial charge in [0.1, 0.15) is 6.10 Å². The van der Waals surface area contributed by atoms with Gasteiger partial charge in [0, 0.05) is 0 Å². The van der Waals surface area contributed by atoms with Crippen LogP contribution < -0.4 is 0 Å². The molecule has 0 saturated heterocycles. The number of aliphatic hydroxyl groups is 1. The van der Waals surface area contributed by atoms with Gasteiger partial charge in [0.2, 0.25) is 0 Å². The standard InChI is InChI=1S/C17H32O3/c1-4-14(3)16(18)20-15-10-7-6-8-12-17(19,5-2)13-9-11-15/h14-15,19H,4-13H2,1-3H3. The third-order valence-electron chi connectivity index (χ3n) is 4.79. The maximum atomic E-state index is 11.9. The van der Waals surface area contributed by atoms with Gasteiger partial charge in [-0.2, -0.15) is 0 Å². The van der Waals surface area contributed by atoms with Gasteiger partial charge in [-0.25, -0.2) is 0 Å². The normalized spacial score (nSPS) is 30.5. The van der Waals surface area contributed by atoms with Crippen molar-refractivity contribution in [1.29, 1.82) is 0 Å². The molecule has 1 aliphatic carbocycles. The van der Waals surface area contributed by atoms with Crippen LogP contribution in [0, 0.1) is 5.92 Å². The molecule has 20 heavy (non-hydrogen) atoms. The van der Waals surface area contributed by atoms with E-state index in [1.807, 2.05) is 13.8 Å². The molecule has 1 N–H and O–H groups in total. The summed E-state index contributed by atoms with van der Waals surface area (Å²) in [6.07, 6.45) is 9.58. The second kappa shape index (κ2) is 8.66. The monoisotopic (exact) mass is 284 g/mol. The van der Waals surface area contributed by atoms with Gasteiger partial charge in [-0.05, 0) is 51.4 Å². The van der Waals surface area contributed by atoms with Crippen molar-refractivity contribution in [2.45, 2.75) is 96.7 Å². The molecule has 3 nitrogen and oxygen atoms in total. The molecule has 3 heteroatoms. The summed E-state index contributed by atoms with van der Waals surface area (Å²) in [5.74, 6) is -0.0571. The van der Waals surface area contributed by atoms with Crippen molar-refractivity contribution in [1.82, 2.24) is 0 Å². The van der Waals surface area contributed by atoms with Crippen LogP contribution in [0.3, 0.4) is 0 Å². The van der Waals surface area contributed by atoms with Gasteiger partial charge >= 0.3 is 5.97 Å². The van der Waals surface area contributed by atoms with Gasteiger partial charge in [-0.3, -0.25) is 4.79 Å². The lowest BCUT2D eigenvalue weighted by atomic mass is 9.86. The van der Waals surface area contributed by atoms with Crippen LogP contribution in [-0.4, -0.2) is 22.8 Å². The fourth-order valence-corrected chi connectivity index (χ4v) is 2.85. The molecule has 0 heterocycles. The van der Waals surface area contributed by atoms with Gasteiger partial charge < -0.3 is 9.84 Å². The number of esters is 1. The summed E-state index contributed by atoms with van der Waals surface area (Å²) in [7, 11) is 0. The van der Waals surface area contributed by atoms with E-state index in [9.17, 15) is 9.90 Å². The van der Waals surface area contributed by atoms with Crippen LogP contribution in [0.25, 0.3) is 0 Å². The summed E-state index contributed by atoms with van der Waals surface area (Å²) in [5.41, 5.74) is -0.497. The van der Waals surface area contributed by atoms with Crippen molar-refractivity contribution in [2.75, 3.05) is 0 Å². The Hall–Kier alpha value is -0.570. The van der Waals surface area contributed by atoms with Crippen LogP contribution >= 0.6 is 0 Å². The second-order valence-corrected chi connectivity index (χ2v) is 6.44. The van der Waals surface area contributed by atoms with Crippen molar-refractivity contribution in [3.05, 3.63) is 0 Å². The first-order valence-corrected chi connectivity index (χ1v) is 8.43. The minimum Gasteiger partial charge on any atom is -0.462 e. The smallest absolute Gasteiger partial charge is 0.308 e. The molecule has 0 aliphatic heterocycles. The fourth-order valence-electron chi connectivity index (χ4n) is 2.85. The number of ether oxygens (including phenoxy) is 1. The van der Waals surface area contributed by atoms with Crippen LogP contribution in [0.1, 0.15) is 85.0 Å². The lowest BCUT2D eigenvalue weighted by Crippen LogP contribution is -2.29. The Morgan fingerprint density at radius 3 is 2.50 bits per heavy atom. The average Bonchev–Trinajstić information content (AvgIpc) is 2.45. The van der Waals surface area contributed by atoms with Crippen molar-refractivity contribution in [3.63, 3.8) is 0 Å². The van der Waals surface area contributed by atoms with E-state index in [1.54, 1.807) is 0 Å². The highest BCUT2D eigenvalue weighted by Crippen LogP contribution is 2.28. The molecule has 0 bridgehead atoms. The minimum atomic E-state index is -0.497. The molecule has 118 valence electrons. The van der Waals surface area contributed by atoms with Crippen LogP contribution in [0.2, 0.25) is 0 Å². The number of carbonyl (C=O) groups excluding carboxylic acids is 1. The summed E-state index contributed by atoms with van der Waals surface area (Å²) in [6, 6.07) is 0. The van der Waals surface area contributed by atoms with E-state index in [2.05, 4.69) is 6.92 Å². The number of rotatable bonds is 4. The van der Waals surface area contributed by atoms with Crippen LogP contribution in [-0.2, 0) is 9.53 Å². The predicted molar refractivity (Wildman–Crippen MR) is 81.5 cm³/mol. The molecule has 3 atom stereocenters. The van der Waals surface area contributed by atoms with E-state index < -0.39 is 5.60 Å². The van der Waals surface area contributed by atoms with E-state index in [1.165, 1.54) is 0 Å². The van der Waals surface area contributed by atoms with E-state index in [4.69, 9.17) is 4.74 Å². The molecule has 0 spiro atoms. The molecule has 1 rings (SSSR count). The summed E-state index contributed by atoms with van der Waals surface area (Å²) in [4.78, 5) is 11.9. The number of carbonyl (C=O) groups is 1. The van der Waals surface area contributed by atoms with E-state index in [0.29, 0.717) is 0 Å². The molecule has 1 saturated carbocycles. The van der Waals surface area contributed by atoms with Gasteiger partial charge in [-0.1, -0.05) is 33.6 Å². The highest BCUT2D eigenvalue weighted by Gasteiger charge is 2.26. The molecule has 1 fully saturated rings. The van der Waals surface area contributed by atoms with Crippen molar-refractivity contribution in [3.8, 4) is 0 Å². The fraction of sp³-hybridized carbons (Fsp3) is 0.941. The lowest BCUT2D eigenvalue weighted by Gasteiger charge is -2.29. The molecular weight excluding hydrogens is 252 g/mol. The van der Waals surface area contributed by atoms with Crippen LogP contribution in [0.15, 0.2) is 0 Å². The topological polar surface area (TPSA) is 46.5 Å². The lowest BCUT2D eigenvalue weighted by molar-refractivity contribution is -0.154. The van der Waals surface area contributed by atoms with Crippen LogP contribution in [0.4, 0.5) is 0 Å². The summed E-state index contributed by atoms with van der Waals surface area (Å²) >= 11 is 0. The number of hydrogen-bond donors (Lipinski definition) is 1. The molecule has 0 aromatic carbocycles. The Balaban J connectivity index is 2.50. The van der Waals surface area contributed by atoms with Gasteiger partial charge in [-0.15, -0.1) is 0 Å². The third kappa shape index (κ3) is 5.82. The van der Waals surface area contributed by atoms with E-state index >= 15 is 0 Å². The zero-order valence-corrected chi connectivity index (χ0v) is 13.5. The summed E-state index contributed by atoms with van der Waals surface area (Å²) < 4.78 is 5.66. The highest BCUT2D eigenvalue weighted by molar-refractivity contribution is 5.72. The predicted octanol–water partition coefficient (Wildman–Crippen LogP) is 4.22. The molecule has 0 amide bonds. The second-order valence-electron chi connectivity index (χ2n) is 6.44. The largest absolute Gasteiger partial charge is 0.462 e. The molecule has 3 unspecified atom stereocenters. The SMILES string of the molecule is CCC(C)C(=O)OC1CCCCCC(O)(CC)CCC1. The van der Waals surface area contributed by atoms with E-state index in [-0.39, 0.29) is 18.0 Å². The third-order valence-corrected chi connectivity index (χ3v) is 4.79. The quantitative estimate of drug-likeness (QED) is 0.786. The van der Waals surface area contributed by atoms with Crippen molar-refractivity contribution in [2.24, 2.45) is 5.92 Å². The minimum absolute atomic E-state index is 0.00187. The summed E-state index contributed by atoms with van der Waals surface area (Å²) in [5, 5.41) is 10.5. The average molecular weight is 284 g/mol. The Bertz CT molecular complexity index is 290. The van der Waals surface area contributed by atoms with E-state index in [0.717, 1.165) is 64.2 Å². The first-order chi connectivity index (χ1) is 9.50. The highest BCUT2D eigenvalue weighted by atomic mass is 16.5. The summed E-state index contributed by atoms with van der Waals surface area (Å²) in [6.45, 7) is 6.01. The molecular formula is C17H32O3. The molecule has 0 aromatic heterocycles. The molecule has 0 aromatic rings. The maximum absolute atomic E-state index is 11.9. The van der Waals surface area contributed by atoms with Crippen LogP contribution in [0.5, 0.6) is 0 Å². The Kier molecular flexibility index (Phi) is 7.57. The van der Waals surface area contributed by atoms with Gasteiger partial charge in [0.25, 0.3) is 0 Å². The number of hydrogen-bond acceptors (Lipinski definition) is 3. The Morgan fingerprint density at radius 1 is 1.20 bits per heavy atom. The Morgan fingerprint density at radius 2 is 1.85 bits per heavy atom.